The van der Waals surface area contributed by atoms with E-state index in [0.29, 0.717) is 19.1 Å². The molecule has 132 valence electrons. The third kappa shape index (κ3) is 5.32. The van der Waals surface area contributed by atoms with Crippen molar-refractivity contribution in [3.63, 3.8) is 0 Å². The molecule has 0 aromatic heterocycles. The van der Waals surface area contributed by atoms with Crippen molar-refractivity contribution in [2.75, 3.05) is 32.7 Å². The number of carbonyl (C=O) groups excluding carboxylic acids is 1. The highest BCUT2D eigenvalue weighted by Gasteiger charge is 2.24. The highest BCUT2D eigenvalue weighted by atomic mass is 16.5. The van der Waals surface area contributed by atoms with Crippen molar-refractivity contribution in [3.05, 3.63) is 35.9 Å². The van der Waals surface area contributed by atoms with Crippen molar-refractivity contribution in [3.8, 4) is 0 Å². The second kappa shape index (κ2) is 9.19. The smallest absolute Gasteiger partial charge is 0.236 e. The predicted octanol–water partition coefficient (Wildman–Crippen LogP) is 3.07. The van der Waals surface area contributed by atoms with Crippen LogP contribution in [0.2, 0.25) is 0 Å². The molecule has 0 aliphatic carbocycles. The van der Waals surface area contributed by atoms with Gasteiger partial charge in [-0.15, -0.1) is 0 Å². The van der Waals surface area contributed by atoms with Crippen molar-refractivity contribution in [2.24, 2.45) is 0 Å². The summed E-state index contributed by atoms with van der Waals surface area (Å²) in [6, 6.07) is 10.3. The number of hydrogen-bond donors (Lipinski definition) is 0. The molecule has 2 aliphatic rings. The molecule has 1 aromatic rings. The van der Waals surface area contributed by atoms with Gasteiger partial charge in [-0.05, 0) is 44.3 Å². The minimum atomic E-state index is 0.285. The number of hydrogen-bond acceptors (Lipinski definition) is 3. The molecule has 0 saturated carbocycles. The Morgan fingerprint density at radius 2 is 1.62 bits per heavy atom. The molecule has 0 bridgehead atoms. The van der Waals surface area contributed by atoms with Gasteiger partial charge in [0.1, 0.15) is 0 Å². The number of nitrogens with zero attached hydrogens (tertiary/aromatic N) is 2. The van der Waals surface area contributed by atoms with Crippen LogP contribution in [0.15, 0.2) is 30.3 Å². The number of piperidine rings is 1. The molecule has 0 atom stereocenters. The first-order valence-corrected chi connectivity index (χ1v) is 9.47. The van der Waals surface area contributed by atoms with Crippen molar-refractivity contribution >= 4 is 5.91 Å². The number of amides is 1. The molecule has 4 nitrogen and oxygen atoms in total. The number of benzene rings is 1. The fraction of sp³-hybridized carbons (Fsp3) is 0.650. The van der Waals surface area contributed by atoms with Crippen molar-refractivity contribution in [2.45, 2.75) is 51.2 Å². The Labute approximate surface area is 145 Å². The summed E-state index contributed by atoms with van der Waals surface area (Å²) in [6.07, 6.45) is 7.30. The molecule has 3 rings (SSSR count). The summed E-state index contributed by atoms with van der Waals surface area (Å²) in [5.74, 6) is 0.304. The summed E-state index contributed by atoms with van der Waals surface area (Å²) in [7, 11) is 0. The SMILES string of the molecule is O=C(CN1CCCCCC1)N1CCC(OCc2ccccc2)CC1. The minimum absolute atomic E-state index is 0.285. The van der Waals surface area contributed by atoms with E-state index in [1.54, 1.807) is 0 Å². The highest BCUT2D eigenvalue weighted by Crippen LogP contribution is 2.17. The van der Waals surface area contributed by atoms with Gasteiger partial charge in [-0.1, -0.05) is 43.2 Å². The molecule has 0 spiro atoms. The third-order valence-electron chi connectivity index (χ3n) is 5.18. The van der Waals surface area contributed by atoms with Crippen molar-refractivity contribution in [1.82, 2.24) is 9.80 Å². The van der Waals surface area contributed by atoms with E-state index in [-0.39, 0.29) is 6.10 Å². The average Bonchev–Trinajstić information content (AvgIpc) is 2.90. The van der Waals surface area contributed by atoms with Crippen LogP contribution < -0.4 is 0 Å². The second-order valence-corrected chi connectivity index (χ2v) is 7.07. The lowest BCUT2D eigenvalue weighted by atomic mass is 10.1. The van der Waals surface area contributed by atoms with Crippen LogP contribution in [0.4, 0.5) is 0 Å². The average molecular weight is 330 g/mol. The van der Waals surface area contributed by atoms with Crippen LogP contribution >= 0.6 is 0 Å². The summed E-state index contributed by atoms with van der Waals surface area (Å²) in [6.45, 7) is 5.13. The molecule has 4 heteroatoms. The maximum atomic E-state index is 12.5. The van der Waals surface area contributed by atoms with E-state index < -0.39 is 0 Å². The number of carbonyl (C=O) groups is 1. The largest absolute Gasteiger partial charge is 0.373 e. The van der Waals surface area contributed by atoms with E-state index in [4.69, 9.17) is 4.74 Å². The van der Waals surface area contributed by atoms with Crippen LogP contribution in [0, 0.1) is 0 Å². The summed E-state index contributed by atoms with van der Waals surface area (Å²) in [5.41, 5.74) is 1.22. The molecule has 0 N–H and O–H groups in total. The van der Waals surface area contributed by atoms with Gasteiger partial charge in [0.15, 0.2) is 0 Å². The van der Waals surface area contributed by atoms with E-state index in [2.05, 4.69) is 17.0 Å². The molecule has 2 fully saturated rings. The molecule has 2 heterocycles. The highest BCUT2D eigenvalue weighted by molar-refractivity contribution is 5.78. The van der Waals surface area contributed by atoms with Crippen LogP contribution in [-0.2, 0) is 16.1 Å². The fourth-order valence-electron chi connectivity index (χ4n) is 3.65. The lowest BCUT2D eigenvalue weighted by Crippen LogP contribution is -2.45. The Morgan fingerprint density at radius 1 is 0.958 bits per heavy atom. The van der Waals surface area contributed by atoms with Crippen LogP contribution in [-0.4, -0.2) is 54.5 Å². The Bertz CT molecular complexity index is 490. The number of ether oxygens (including phenoxy) is 1. The summed E-state index contributed by atoms with van der Waals surface area (Å²) in [5, 5.41) is 0. The van der Waals surface area contributed by atoms with Gasteiger partial charge < -0.3 is 9.64 Å². The predicted molar refractivity (Wildman–Crippen MR) is 95.7 cm³/mol. The molecule has 0 unspecified atom stereocenters. The van der Waals surface area contributed by atoms with Gasteiger partial charge in [0.05, 0.1) is 19.3 Å². The standard InChI is InChI=1S/C20H30N2O2/c23-20(16-21-12-6-1-2-7-13-21)22-14-10-19(11-15-22)24-17-18-8-4-3-5-9-18/h3-5,8-9,19H,1-2,6-7,10-17H2. The van der Waals surface area contributed by atoms with Gasteiger partial charge >= 0.3 is 0 Å². The lowest BCUT2D eigenvalue weighted by Gasteiger charge is -2.33. The number of likely N-dealkylation sites (tertiary alicyclic amines) is 2. The molecular formula is C20H30N2O2. The van der Waals surface area contributed by atoms with E-state index in [9.17, 15) is 4.79 Å². The zero-order valence-corrected chi connectivity index (χ0v) is 14.7. The van der Waals surface area contributed by atoms with Gasteiger partial charge in [-0.3, -0.25) is 9.69 Å². The third-order valence-corrected chi connectivity index (χ3v) is 5.18. The van der Waals surface area contributed by atoms with E-state index in [0.717, 1.165) is 39.0 Å². The topological polar surface area (TPSA) is 32.8 Å². The Hall–Kier alpha value is -1.39. The molecule has 2 aliphatic heterocycles. The zero-order valence-electron chi connectivity index (χ0n) is 14.7. The normalized spacial score (nSPS) is 20.8. The lowest BCUT2D eigenvalue weighted by molar-refractivity contribution is -0.135. The van der Waals surface area contributed by atoms with Crippen LogP contribution in [0.5, 0.6) is 0 Å². The molecule has 1 aromatic carbocycles. The summed E-state index contributed by atoms with van der Waals surface area (Å²) in [4.78, 5) is 16.9. The summed E-state index contributed by atoms with van der Waals surface area (Å²) < 4.78 is 6.02. The van der Waals surface area contributed by atoms with Gasteiger partial charge in [-0.25, -0.2) is 0 Å². The molecular weight excluding hydrogens is 300 g/mol. The van der Waals surface area contributed by atoms with Gasteiger partial charge in [0.25, 0.3) is 0 Å². The van der Waals surface area contributed by atoms with Gasteiger partial charge in [-0.2, -0.15) is 0 Å². The number of rotatable bonds is 5. The maximum Gasteiger partial charge on any atom is 0.236 e. The first-order valence-electron chi connectivity index (χ1n) is 9.47. The maximum absolute atomic E-state index is 12.5. The van der Waals surface area contributed by atoms with Crippen molar-refractivity contribution in [1.29, 1.82) is 0 Å². The van der Waals surface area contributed by atoms with Gasteiger partial charge in [0, 0.05) is 13.1 Å². The Kier molecular flexibility index (Phi) is 6.67. The molecule has 24 heavy (non-hydrogen) atoms. The summed E-state index contributed by atoms with van der Waals surface area (Å²) >= 11 is 0. The monoisotopic (exact) mass is 330 g/mol. The fourth-order valence-corrected chi connectivity index (χ4v) is 3.65. The van der Waals surface area contributed by atoms with Crippen LogP contribution in [0.1, 0.15) is 44.1 Å². The quantitative estimate of drug-likeness (QED) is 0.832. The van der Waals surface area contributed by atoms with Crippen molar-refractivity contribution < 1.29 is 9.53 Å². The molecule has 1 amide bonds. The zero-order chi connectivity index (χ0) is 16.6. The van der Waals surface area contributed by atoms with E-state index in [1.807, 2.05) is 23.1 Å². The van der Waals surface area contributed by atoms with E-state index >= 15 is 0 Å². The molecule has 0 radical (unpaired) electrons. The van der Waals surface area contributed by atoms with E-state index in [1.165, 1.54) is 31.2 Å². The Balaban J connectivity index is 1.37. The van der Waals surface area contributed by atoms with Gasteiger partial charge in [0.2, 0.25) is 5.91 Å². The second-order valence-electron chi connectivity index (χ2n) is 7.07. The molecule has 2 saturated heterocycles. The van der Waals surface area contributed by atoms with Crippen LogP contribution in [0.3, 0.4) is 0 Å². The Morgan fingerprint density at radius 3 is 2.29 bits per heavy atom. The minimum Gasteiger partial charge on any atom is -0.373 e. The first-order chi connectivity index (χ1) is 11.8. The first kappa shape index (κ1) is 17.4. The van der Waals surface area contributed by atoms with Crippen LogP contribution in [0.25, 0.3) is 0 Å².